The second kappa shape index (κ2) is 10.4. The number of hydrogen-bond acceptors (Lipinski definition) is 12. The molecule has 2 aromatic carbocycles. The first-order chi connectivity index (χ1) is 20.0. The number of carbonyl (C=O) groups excluding carboxylic acids is 3. The molecule has 0 spiro atoms. The van der Waals surface area contributed by atoms with Crippen LogP contribution in [0.4, 0.5) is 0 Å². The summed E-state index contributed by atoms with van der Waals surface area (Å²) in [5.41, 5.74) is -4.00. The number of benzene rings is 2. The minimum absolute atomic E-state index is 0.0178. The summed E-state index contributed by atoms with van der Waals surface area (Å²) in [6, 6.07) is 16.3. The Morgan fingerprint density at radius 3 is 2.07 bits per heavy atom. The van der Waals surface area contributed by atoms with Gasteiger partial charge < -0.3 is 44.1 Å². The Morgan fingerprint density at radius 2 is 1.45 bits per heavy atom. The van der Waals surface area contributed by atoms with Gasteiger partial charge in [-0.05, 0) is 37.6 Å². The largest absolute Gasteiger partial charge is 0.461 e. The Morgan fingerprint density at radius 1 is 0.857 bits per heavy atom. The van der Waals surface area contributed by atoms with Crippen LogP contribution in [0.2, 0.25) is 0 Å². The van der Waals surface area contributed by atoms with Crippen LogP contribution in [0, 0.1) is 11.3 Å². The minimum Gasteiger partial charge on any atom is -0.461 e. The average molecular weight is 585 g/mol. The van der Waals surface area contributed by atoms with Crippen molar-refractivity contribution in [3.8, 4) is 0 Å². The number of ether oxygens (including phenoxy) is 5. The quantitative estimate of drug-likeness (QED) is 0.248. The van der Waals surface area contributed by atoms with Crippen molar-refractivity contribution in [2.24, 2.45) is 11.3 Å². The third kappa shape index (κ3) is 4.16. The maximum atomic E-state index is 13.5. The van der Waals surface area contributed by atoms with E-state index in [1.807, 2.05) is 0 Å². The zero-order chi connectivity index (χ0) is 29.9. The normalized spacial score (nSPS) is 40.0. The highest BCUT2D eigenvalue weighted by Crippen LogP contribution is 2.73. The van der Waals surface area contributed by atoms with Gasteiger partial charge in [-0.15, -0.1) is 0 Å². The summed E-state index contributed by atoms with van der Waals surface area (Å²) in [5, 5.41) is 43.0. The predicted molar refractivity (Wildman–Crippen MR) is 140 cm³/mol. The molecule has 2 saturated heterocycles. The van der Waals surface area contributed by atoms with Gasteiger partial charge >= 0.3 is 17.9 Å². The average Bonchev–Trinajstić information content (AvgIpc) is 3.05. The summed E-state index contributed by atoms with van der Waals surface area (Å²) in [6.45, 7) is 0.645. The molecule has 5 aliphatic rings. The first kappa shape index (κ1) is 28.7. The van der Waals surface area contributed by atoms with Crippen molar-refractivity contribution in [3.05, 3.63) is 71.8 Å². The van der Waals surface area contributed by atoms with E-state index < -0.39 is 90.5 Å². The van der Waals surface area contributed by atoms with Crippen molar-refractivity contribution < 1.29 is 58.5 Å². The van der Waals surface area contributed by atoms with Crippen LogP contribution in [0.1, 0.15) is 40.5 Å². The molecule has 0 radical (unpaired) electrons. The fraction of sp³-hybridized carbons (Fsp3) is 0.500. The molecule has 2 aliphatic heterocycles. The molecule has 4 bridgehead atoms. The van der Waals surface area contributed by atoms with Gasteiger partial charge in [0.05, 0.1) is 17.2 Å². The number of hydrogen-bond donors (Lipinski definition) is 4. The van der Waals surface area contributed by atoms with Crippen LogP contribution < -0.4 is 0 Å². The molecule has 2 aromatic rings. The van der Waals surface area contributed by atoms with E-state index in [1.54, 1.807) is 67.6 Å². The fourth-order valence-electron chi connectivity index (χ4n) is 6.99. The van der Waals surface area contributed by atoms with Crippen LogP contribution in [0.15, 0.2) is 60.7 Å². The Labute approximate surface area is 240 Å². The lowest BCUT2D eigenvalue weighted by atomic mass is 9.40. The third-order valence-electron chi connectivity index (χ3n) is 9.28. The standard InChI is InChI=1S/C30H32O12/c1-28-13-19(31)18-12-30(28,29(18,27(37)42-28)15-39-25(36)17-10-6-3-7-11-17)41-26-23(34)22(33)21(32)20(40-26)14-38-24(35)16-8-4-2-5-9-16/h2-11,18-23,26,31-34H,12-15H2,1H3/t18-,19-,20-,21+,22+,23-,26+,28+,29-,30-/m1/s1. The van der Waals surface area contributed by atoms with Crippen LogP contribution in [-0.4, -0.2) is 99.6 Å². The van der Waals surface area contributed by atoms with Gasteiger partial charge in [-0.2, -0.15) is 0 Å². The maximum Gasteiger partial charge on any atom is 0.338 e. The van der Waals surface area contributed by atoms with Gasteiger partial charge in [-0.25, -0.2) is 9.59 Å². The molecular formula is C30H32O12. The van der Waals surface area contributed by atoms with Crippen molar-refractivity contribution in [1.29, 1.82) is 0 Å². The lowest BCUT2D eigenvalue weighted by Gasteiger charge is -2.66. The smallest absolute Gasteiger partial charge is 0.338 e. The SMILES string of the molecule is C[C@]12C[C@@H](O)[C@H]3C[C@]1(O[C@@H]1O[C@H](COC(=O)c4ccccc4)[C@H](O)[C@H](O)[C@H]1O)[C@@]3(COC(=O)c1ccccc1)C(=O)O2. The van der Waals surface area contributed by atoms with Crippen LogP contribution in [0.25, 0.3) is 0 Å². The second-order valence-corrected chi connectivity index (χ2v) is 11.5. The minimum atomic E-state index is -1.76. The topological polar surface area (TPSA) is 178 Å². The number of fused-ring (bicyclic) bond motifs is 1. The summed E-state index contributed by atoms with van der Waals surface area (Å²) in [7, 11) is 0. The first-order valence-corrected chi connectivity index (χ1v) is 13.8. The van der Waals surface area contributed by atoms with E-state index in [1.165, 1.54) is 0 Å². The van der Waals surface area contributed by atoms with Crippen LogP contribution in [0.5, 0.6) is 0 Å². The molecule has 12 heteroatoms. The molecule has 42 heavy (non-hydrogen) atoms. The van der Waals surface area contributed by atoms with Crippen LogP contribution in [-0.2, 0) is 28.5 Å². The molecule has 12 nitrogen and oxygen atoms in total. The van der Waals surface area contributed by atoms with E-state index in [2.05, 4.69) is 0 Å². The molecule has 7 rings (SSSR count). The molecule has 0 aromatic heterocycles. The van der Waals surface area contributed by atoms with E-state index in [0.717, 1.165) is 0 Å². The van der Waals surface area contributed by atoms with Crippen LogP contribution in [0.3, 0.4) is 0 Å². The van der Waals surface area contributed by atoms with E-state index in [0.29, 0.717) is 0 Å². The molecular weight excluding hydrogens is 552 g/mol. The summed E-state index contributed by atoms with van der Waals surface area (Å²) in [6.07, 6.45) is -8.87. The summed E-state index contributed by atoms with van der Waals surface area (Å²) >= 11 is 0. The summed E-state index contributed by atoms with van der Waals surface area (Å²) in [5.74, 6) is -2.77. The number of aliphatic hydroxyl groups excluding tert-OH is 4. The Balaban J connectivity index is 1.24. The molecule has 224 valence electrons. The first-order valence-electron chi connectivity index (χ1n) is 13.8. The monoisotopic (exact) mass is 584 g/mol. The molecule has 10 atom stereocenters. The molecule has 0 unspecified atom stereocenters. The zero-order valence-electron chi connectivity index (χ0n) is 22.7. The number of carbonyl (C=O) groups is 3. The van der Waals surface area contributed by atoms with E-state index in [-0.39, 0.29) is 24.0 Å². The Hall–Kier alpha value is -3.39. The van der Waals surface area contributed by atoms with Gasteiger partial charge in [0, 0.05) is 12.3 Å². The predicted octanol–water partition coefficient (Wildman–Crippen LogP) is 0.350. The molecule has 5 fully saturated rings. The third-order valence-corrected chi connectivity index (χ3v) is 9.28. The highest BCUT2D eigenvalue weighted by Gasteiger charge is 2.88. The van der Waals surface area contributed by atoms with Gasteiger partial charge in [-0.3, -0.25) is 4.79 Å². The molecule has 0 amide bonds. The fourth-order valence-corrected chi connectivity index (χ4v) is 6.99. The van der Waals surface area contributed by atoms with E-state index >= 15 is 0 Å². The van der Waals surface area contributed by atoms with Gasteiger partial charge in [0.15, 0.2) is 6.29 Å². The molecule has 4 N–H and O–H groups in total. The lowest BCUT2D eigenvalue weighted by molar-refractivity contribution is -0.394. The van der Waals surface area contributed by atoms with Crippen molar-refractivity contribution in [2.75, 3.05) is 13.2 Å². The zero-order valence-corrected chi connectivity index (χ0v) is 22.7. The Bertz CT molecular complexity index is 1350. The lowest BCUT2D eigenvalue weighted by Crippen LogP contribution is -2.80. The number of aliphatic hydroxyl groups is 4. The van der Waals surface area contributed by atoms with Crippen molar-refractivity contribution in [1.82, 2.24) is 0 Å². The van der Waals surface area contributed by atoms with Gasteiger partial charge in [0.2, 0.25) is 0 Å². The summed E-state index contributed by atoms with van der Waals surface area (Å²) in [4.78, 5) is 38.7. The maximum absolute atomic E-state index is 13.5. The second-order valence-electron chi connectivity index (χ2n) is 11.5. The van der Waals surface area contributed by atoms with Crippen molar-refractivity contribution in [3.63, 3.8) is 0 Å². The van der Waals surface area contributed by atoms with Crippen molar-refractivity contribution in [2.45, 2.75) is 67.8 Å². The molecule has 3 aliphatic carbocycles. The molecule has 3 saturated carbocycles. The number of esters is 3. The highest BCUT2D eigenvalue weighted by atomic mass is 16.7. The van der Waals surface area contributed by atoms with Crippen molar-refractivity contribution >= 4 is 17.9 Å². The Kier molecular flexibility index (Phi) is 7.11. The van der Waals surface area contributed by atoms with Gasteiger partial charge in [0.1, 0.15) is 54.2 Å². The van der Waals surface area contributed by atoms with Gasteiger partial charge in [0.25, 0.3) is 0 Å². The number of rotatable bonds is 8. The molecule has 2 heterocycles. The highest BCUT2D eigenvalue weighted by molar-refractivity contribution is 5.91. The van der Waals surface area contributed by atoms with Gasteiger partial charge in [-0.1, -0.05) is 36.4 Å². The summed E-state index contributed by atoms with van der Waals surface area (Å²) < 4.78 is 28.8. The van der Waals surface area contributed by atoms with Crippen LogP contribution >= 0.6 is 0 Å². The van der Waals surface area contributed by atoms with E-state index in [9.17, 15) is 34.8 Å². The van der Waals surface area contributed by atoms with E-state index in [4.69, 9.17) is 23.7 Å².